The Hall–Kier alpha value is -1.55. The highest BCUT2D eigenvalue weighted by atomic mass is 32.2. The molecule has 25 heavy (non-hydrogen) atoms. The topological polar surface area (TPSA) is 84.9 Å². The lowest BCUT2D eigenvalue weighted by Crippen LogP contribution is -2.41. The lowest BCUT2D eigenvalue weighted by molar-refractivity contribution is -0.0956. The van der Waals surface area contributed by atoms with Gasteiger partial charge in [0.2, 0.25) is 10.0 Å². The molecule has 0 atom stereocenters. The van der Waals surface area contributed by atoms with Crippen molar-refractivity contribution < 1.29 is 27.1 Å². The maximum Gasteiger partial charge on any atom is 0.256 e. The number of rotatable bonds is 4. The number of nitrogens with zero attached hydrogens (tertiary/aromatic N) is 1. The lowest BCUT2D eigenvalue weighted by atomic mass is 9.95. The maximum atomic E-state index is 14.1. The molecule has 0 unspecified atom stereocenters. The summed E-state index contributed by atoms with van der Waals surface area (Å²) in [5.74, 6) is -1.02. The minimum absolute atomic E-state index is 0.137. The standard InChI is InChI=1S/C16H21FN2O5S/c1-18-25(21,22)12-2-3-14(17)13(10-12)15(20)19-6-4-11(5-7-19)16-23-8-9-24-16/h2-3,10-11,16,18H,4-9H2,1H3. The minimum atomic E-state index is -3.74. The third-order valence-corrected chi connectivity index (χ3v) is 6.02. The Labute approximate surface area is 146 Å². The number of likely N-dealkylation sites (tertiary alicyclic amines) is 1. The van der Waals surface area contributed by atoms with E-state index in [1.807, 2.05) is 0 Å². The van der Waals surface area contributed by atoms with Crippen LogP contribution in [0.2, 0.25) is 0 Å². The van der Waals surface area contributed by atoms with Crippen LogP contribution >= 0.6 is 0 Å². The van der Waals surface area contributed by atoms with E-state index in [9.17, 15) is 17.6 Å². The molecule has 2 fully saturated rings. The zero-order valence-electron chi connectivity index (χ0n) is 13.9. The summed E-state index contributed by atoms with van der Waals surface area (Å²) >= 11 is 0. The maximum absolute atomic E-state index is 14.1. The molecule has 0 saturated carbocycles. The molecule has 2 aliphatic heterocycles. The molecular weight excluding hydrogens is 351 g/mol. The van der Waals surface area contributed by atoms with Gasteiger partial charge in [-0.05, 0) is 38.1 Å². The van der Waals surface area contributed by atoms with Crippen molar-refractivity contribution in [2.75, 3.05) is 33.4 Å². The fourth-order valence-electron chi connectivity index (χ4n) is 3.15. The van der Waals surface area contributed by atoms with Gasteiger partial charge in [-0.2, -0.15) is 0 Å². The first kappa shape index (κ1) is 18.2. The largest absolute Gasteiger partial charge is 0.350 e. The number of piperidine rings is 1. The van der Waals surface area contributed by atoms with E-state index in [1.165, 1.54) is 7.05 Å². The predicted octanol–water partition coefficient (Wildman–Crippen LogP) is 0.959. The molecular formula is C16H21FN2O5S. The lowest BCUT2D eigenvalue weighted by Gasteiger charge is -2.34. The Bertz CT molecular complexity index is 741. The Kier molecular flexibility index (Phi) is 5.38. The fourth-order valence-corrected chi connectivity index (χ4v) is 3.90. The van der Waals surface area contributed by atoms with Crippen LogP contribution in [0.3, 0.4) is 0 Å². The molecule has 9 heteroatoms. The molecule has 1 aromatic rings. The molecule has 138 valence electrons. The monoisotopic (exact) mass is 372 g/mol. The van der Waals surface area contributed by atoms with E-state index >= 15 is 0 Å². The highest BCUT2D eigenvalue weighted by Crippen LogP contribution is 2.27. The van der Waals surface area contributed by atoms with Crippen LogP contribution < -0.4 is 4.72 Å². The number of carbonyl (C=O) groups is 1. The van der Waals surface area contributed by atoms with Gasteiger partial charge in [0.15, 0.2) is 6.29 Å². The summed E-state index contributed by atoms with van der Waals surface area (Å²) in [5, 5.41) is 0. The van der Waals surface area contributed by atoms with E-state index in [1.54, 1.807) is 4.90 Å². The van der Waals surface area contributed by atoms with E-state index < -0.39 is 21.7 Å². The Balaban J connectivity index is 1.72. The number of halogens is 1. The van der Waals surface area contributed by atoms with Crippen molar-refractivity contribution in [3.05, 3.63) is 29.6 Å². The fraction of sp³-hybridized carbons (Fsp3) is 0.562. The van der Waals surface area contributed by atoms with Crippen molar-refractivity contribution in [3.8, 4) is 0 Å². The Morgan fingerprint density at radius 3 is 2.48 bits per heavy atom. The zero-order chi connectivity index (χ0) is 18.0. The number of nitrogens with one attached hydrogen (secondary N) is 1. The number of sulfonamides is 1. The molecule has 2 heterocycles. The molecule has 0 aliphatic carbocycles. The first-order valence-electron chi connectivity index (χ1n) is 8.18. The summed E-state index contributed by atoms with van der Waals surface area (Å²) in [6.07, 6.45) is 1.18. The van der Waals surface area contributed by atoms with Gasteiger partial charge in [0.25, 0.3) is 5.91 Å². The van der Waals surface area contributed by atoms with E-state index in [-0.39, 0.29) is 22.7 Å². The van der Waals surface area contributed by atoms with Crippen molar-refractivity contribution in [1.29, 1.82) is 0 Å². The van der Waals surface area contributed by atoms with Gasteiger partial charge in [-0.25, -0.2) is 17.5 Å². The molecule has 0 spiro atoms. The SMILES string of the molecule is CNS(=O)(=O)c1ccc(F)c(C(=O)N2CCC(C3OCCO3)CC2)c1. The second-order valence-electron chi connectivity index (χ2n) is 6.09. The van der Waals surface area contributed by atoms with Crippen molar-refractivity contribution in [1.82, 2.24) is 9.62 Å². The number of hydrogen-bond acceptors (Lipinski definition) is 5. The predicted molar refractivity (Wildman–Crippen MR) is 87.0 cm³/mol. The van der Waals surface area contributed by atoms with Crippen molar-refractivity contribution >= 4 is 15.9 Å². The molecule has 0 radical (unpaired) electrons. The summed E-state index contributed by atoms with van der Waals surface area (Å²) in [6.45, 7) is 2.08. The second-order valence-corrected chi connectivity index (χ2v) is 7.98. The zero-order valence-corrected chi connectivity index (χ0v) is 14.7. The smallest absolute Gasteiger partial charge is 0.256 e. The molecule has 1 aromatic carbocycles. The van der Waals surface area contributed by atoms with Crippen LogP contribution in [0.25, 0.3) is 0 Å². The van der Waals surface area contributed by atoms with E-state index in [2.05, 4.69) is 4.72 Å². The van der Waals surface area contributed by atoms with Gasteiger partial charge in [-0.15, -0.1) is 0 Å². The normalized spacial score (nSPS) is 20.2. The van der Waals surface area contributed by atoms with Gasteiger partial charge in [0.05, 0.1) is 23.7 Å². The number of ether oxygens (including phenoxy) is 2. The second kappa shape index (κ2) is 7.36. The van der Waals surface area contributed by atoms with Gasteiger partial charge >= 0.3 is 0 Å². The molecule has 1 N–H and O–H groups in total. The summed E-state index contributed by atoms with van der Waals surface area (Å²) in [5.41, 5.74) is -0.233. The molecule has 1 amide bonds. The number of carbonyl (C=O) groups excluding carboxylic acids is 1. The van der Waals surface area contributed by atoms with Crippen LogP contribution in [0.15, 0.2) is 23.1 Å². The van der Waals surface area contributed by atoms with Gasteiger partial charge in [0.1, 0.15) is 5.82 Å². The van der Waals surface area contributed by atoms with Crippen molar-refractivity contribution in [2.24, 2.45) is 5.92 Å². The van der Waals surface area contributed by atoms with Crippen LogP contribution in [-0.2, 0) is 19.5 Å². The van der Waals surface area contributed by atoms with Gasteiger partial charge in [0, 0.05) is 19.0 Å². The van der Waals surface area contributed by atoms with Gasteiger partial charge < -0.3 is 14.4 Å². The summed E-state index contributed by atoms with van der Waals surface area (Å²) < 4.78 is 51.0. The Morgan fingerprint density at radius 2 is 1.88 bits per heavy atom. The first-order chi connectivity index (χ1) is 11.9. The van der Waals surface area contributed by atoms with E-state index in [4.69, 9.17) is 9.47 Å². The minimum Gasteiger partial charge on any atom is -0.350 e. The van der Waals surface area contributed by atoms with Gasteiger partial charge in [-0.3, -0.25) is 4.79 Å². The van der Waals surface area contributed by atoms with Crippen LogP contribution in [0.1, 0.15) is 23.2 Å². The van der Waals surface area contributed by atoms with E-state index in [0.717, 1.165) is 18.2 Å². The number of hydrogen-bond donors (Lipinski definition) is 1. The van der Waals surface area contributed by atoms with Crippen LogP contribution in [0.4, 0.5) is 4.39 Å². The molecule has 2 saturated heterocycles. The third kappa shape index (κ3) is 3.84. The highest BCUT2D eigenvalue weighted by Gasteiger charge is 2.32. The molecule has 7 nitrogen and oxygen atoms in total. The number of amides is 1. The third-order valence-electron chi connectivity index (χ3n) is 4.61. The Morgan fingerprint density at radius 1 is 1.24 bits per heavy atom. The van der Waals surface area contributed by atoms with Crippen LogP contribution in [-0.4, -0.2) is 58.9 Å². The van der Waals surface area contributed by atoms with Crippen molar-refractivity contribution in [3.63, 3.8) is 0 Å². The highest BCUT2D eigenvalue weighted by molar-refractivity contribution is 7.89. The average molecular weight is 372 g/mol. The molecule has 0 bridgehead atoms. The quantitative estimate of drug-likeness (QED) is 0.851. The van der Waals surface area contributed by atoms with E-state index in [0.29, 0.717) is 39.1 Å². The van der Waals surface area contributed by atoms with Gasteiger partial charge in [-0.1, -0.05) is 0 Å². The molecule has 3 rings (SSSR count). The summed E-state index contributed by atoms with van der Waals surface area (Å²) in [7, 11) is -2.48. The first-order valence-corrected chi connectivity index (χ1v) is 9.66. The molecule has 2 aliphatic rings. The molecule has 0 aromatic heterocycles. The van der Waals surface area contributed by atoms with Crippen LogP contribution in [0.5, 0.6) is 0 Å². The van der Waals surface area contributed by atoms with Crippen molar-refractivity contribution in [2.45, 2.75) is 24.0 Å². The average Bonchev–Trinajstić information content (AvgIpc) is 3.16. The van der Waals surface area contributed by atoms with Crippen LogP contribution in [0, 0.1) is 11.7 Å². The summed E-state index contributed by atoms with van der Waals surface area (Å²) in [4.78, 5) is 14.0. The number of benzene rings is 1. The summed E-state index contributed by atoms with van der Waals surface area (Å²) in [6, 6.07) is 3.22.